The Balaban J connectivity index is 1.64. The SMILES string of the molecule is CC(C)(CC1CCSC1)NC(=O)NC[C@@H](N)CC1CCCC(O)C1. The molecule has 0 aromatic carbocycles. The molecule has 2 amide bonds. The molecule has 1 saturated heterocycles. The summed E-state index contributed by atoms with van der Waals surface area (Å²) in [5.41, 5.74) is 5.98. The highest BCUT2D eigenvalue weighted by atomic mass is 32.2. The zero-order valence-electron chi connectivity index (χ0n) is 15.2. The number of carbonyl (C=O) groups excluding carboxylic acids is 1. The Morgan fingerprint density at radius 2 is 2.12 bits per heavy atom. The average molecular weight is 358 g/mol. The van der Waals surface area contributed by atoms with Gasteiger partial charge in [0.2, 0.25) is 0 Å². The van der Waals surface area contributed by atoms with E-state index in [2.05, 4.69) is 24.5 Å². The monoisotopic (exact) mass is 357 g/mol. The summed E-state index contributed by atoms with van der Waals surface area (Å²) in [6.07, 6.45) is 6.99. The molecule has 1 aliphatic heterocycles. The minimum Gasteiger partial charge on any atom is -0.393 e. The lowest BCUT2D eigenvalue weighted by atomic mass is 9.83. The lowest BCUT2D eigenvalue weighted by Crippen LogP contribution is -2.51. The van der Waals surface area contributed by atoms with Crippen molar-refractivity contribution in [2.45, 2.75) is 76.5 Å². The van der Waals surface area contributed by atoms with Gasteiger partial charge in [-0.05, 0) is 69.3 Å². The number of hydrogen-bond donors (Lipinski definition) is 4. The van der Waals surface area contributed by atoms with Gasteiger partial charge in [-0.2, -0.15) is 11.8 Å². The van der Waals surface area contributed by atoms with Crippen LogP contribution in [0.4, 0.5) is 4.79 Å². The molecule has 5 N–H and O–H groups in total. The Hall–Kier alpha value is -0.460. The number of carbonyl (C=O) groups is 1. The van der Waals surface area contributed by atoms with Crippen molar-refractivity contribution in [3.05, 3.63) is 0 Å². The van der Waals surface area contributed by atoms with E-state index >= 15 is 0 Å². The third-order valence-electron chi connectivity index (χ3n) is 5.19. The van der Waals surface area contributed by atoms with Gasteiger partial charge in [-0.15, -0.1) is 0 Å². The molecule has 0 aromatic heterocycles. The Morgan fingerprint density at radius 1 is 1.33 bits per heavy atom. The first kappa shape index (κ1) is 19.9. The number of nitrogens with two attached hydrogens (primary N) is 1. The second kappa shape index (κ2) is 9.30. The summed E-state index contributed by atoms with van der Waals surface area (Å²) in [5.74, 6) is 3.66. The number of urea groups is 1. The zero-order chi connectivity index (χ0) is 17.6. The van der Waals surface area contributed by atoms with Gasteiger partial charge in [-0.3, -0.25) is 0 Å². The first-order valence-electron chi connectivity index (χ1n) is 9.41. The number of amides is 2. The molecule has 24 heavy (non-hydrogen) atoms. The third-order valence-corrected chi connectivity index (χ3v) is 6.42. The smallest absolute Gasteiger partial charge is 0.315 e. The van der Waals surface area contributed by atoms with Crippen LogP contribution in [-0.4, -0.2) is 46.9 Å². The first-order chi connectivity index (χ1) is 11.3. The van der Waals surface area contributed by atoms with E-state index in [0.29, 0.717) is 18.4 Å². The van der Waals surface area contributed by atoms with Crippen molar-refractivity contribution in [3.63, 3.8) is 0 Å². The van der Waals surface area contributed by atoms with E-state index in [9.17, 15) is 9.90 Å². The average Bonchev–Trinajstić information content (AvgIpc) is 2.96. The standard InChI is InChI=1S/C18H35N3O2S/c1-18(2,10-14-6-7-24-12-14)21-17(23)20-11-15(19)8-13-4-3-5-16(22)9-13/h13-16,22H,3-12,19H2,1-2H3,(H2,20,21,23)/t13?,14?,15-,16?/m0/s1. The van der Waals surface area contributed by atoms with E-state index < -0.39 is 0 Å². The lowest BCUT2D eigenvalue weighted by molar-refractivity contribution is 0.0959. The summed E-state index contributed by atoms with van der Waals surface area (Å²) in [6, 6.07) is -0.162. The summed E-state index contributed by atoms with van der Waals surface area (Å²) < 4.78 is 0. The van der Waals surface area contributed by atoms with Gasteiger partial charge in [0.1, 0.15) is 0 Å². The third kappa shape index (κ3) is 7.19. The van der Waals surface area contributed by atoms with Gasteiger partial charge < -0.3 is 21.5 Å². The van der Waals surface area contributed by atoms with Gasteiger partial charge in [0.15, 0.2) is 0 Å². The largest absolute Gasteiger partial charge is 0.393 e. The molecular weight excluding hydrogens is 322 g/mol. The second-order valence-corrected chi connectivity index (χ2v) is 9.48. The molecule has 140 valence electrons. The fourth-order valence-corrected chi connectivity index (χ4v) is 5.37. The normalized spacial score (nSPS) is 29.2. The minimum absolute atomic E-state index is 0.0413. The molecule has 0 aromatic rings. The molecule has 1 heterocycles. The molecule has 0 bridgehead atoms. The highest BCUT2D eigenvalue weighted by molar-refractivity contribution is 7.99. The molecule has 0 radical (unpaired) electrons. The van der Waals surface area contributed by atoms with Crippen LogP contribution in [0.2, 0.25) is 0 Å². The van der Waals surface area contributed by atoms with Gasteiger partial charge >= 0.3 is 6.03 Å². The number of rotatable bonds is 7. The van der Waals surface area contributed by atoms with Crippen molar-refractivity contribution < 1.29 is 9.90 Å². The highest BCUT2D eigenvalue weighted by Crippen LogP contribution is 2.30. The predicted molar refractivity (Wildman–Crippen MR) is 101 cm³/mol. The van der Waals surface area contributed by atoms with E-state index in [0.717, 1.165) is 38.5 Å². The maximum atomic E-state index is 12.2. The molecule has 4 atom stereocenters. The molecular formula is C18H35N3O2S. The first-order valence-corrected chi connectivity index (χ1v) is 10.6. The van der Waals surface area contributed by atoms with Crippen molar-refractivity contribution >= 4 is 17.8 Å². The molecule has 2 aliphatic rings. The van der Waals surface area contributed by atoms with Crippen LogP contribution in [0.1, 0.15) is 58.8 Å². The van der Waals surface area contributed by atoms with E-state index in [1.807, 2.05) is 11.8 Å². The molecule has 1 aliphatic carbocycles. The lowest BCUT2D eigenvalue weighted by Gasteiger charge is -2.30. The Bertz CT molecular complexity index is 400. The Morgan fingerprint density at radius 3 is 2.79 bits per heavy atom. The van der Waals surface area contributed by atoms with Crippen molar-refractivity contribution in [3.8, 4) is 0 Å². The summed E-state index contributed by atoms with van der Waals surface area (Å²) in [4.78, 5) is 12.2. The number of aliphatic hydroxyl groups excluding tert-OH is 1. The van der Waals surface area contributed by atoms with Gasteiger partial charge in [-0.25, -0.2) is 4.79 Å². The van der Waals surface area contributed by atoms with Crippen LogP contribution in [0.3, 0.4) is 0 Å². The molecule has 1 saturated carbocycles. The van der Waals surface area contributed by atoms with Crippen molar-refractivity contribution in [1.82, 2.24) is 10.6 Å². The predicted octanol–water partition coefficient (Wildman–Crippen LogP) is 2.48. The number of nitrogens with one attached hydrogen (secondary N) is 2. The summed E-state index contributed by atoms with van der Waals surface area (Å²) in [5, 5.41) is 15.7. The van der Waals surface area contributed by atoms with Crippen LogP contribution in [0.5, 0.6) is 0 Å². The van der Waals surface area contributed by atoms with Crippen LogP contribution < -0.4 is 16.4 Å². The van der Waals surface area contributed by atoms with E-state index in [1.165, 1.54) is 17.9 Å². The number of aliphatic hydroxyl groups is 1. The van der Waals surface area contributed by atoms with Crippen molar-refractivity contribution in [2.75, 3.05) is 18.1 Å². The van der Waals surface area contributed by atoms with E-state index in [1.54, 1.807) is 0 Å². The van der Waals surface area contributed by atoms with Crippen LogP contribution >= 0.6 is 11.8 Å². The van der Waals surface area contributed by atoms with Crippen molar-refractivity contribution in [2.24, 2.45) is 17.6 Å². The van der Waals surface area contributed by atoms with Gasteiger partial charge in [0.05, 0.1) is 6.10 Å². The highest BCUT2D eigenvalue weighted by Gasteiger charge is 2.27. The summed E-state index contributed by atoms with van der Waals surface area (Å²) >= 11 is 2.01. The Kier molecular flexibility index (Phi) is 7.69. The molecule has 2 fully saturated rings. The number of thioether (sulfide) groups is 1. The second-order valence-electron chi connectivity index (χ2n) is 8.33. The zero-order valence-corrected chi connectivity index (χ0v) is 16.0. The van der Waals surface area contributed by atoms with Gasteiger partial charge in [-0.1, -0.05) is 12.8 Å². The fraction of sp³-hybridized carbons (Fsp3) is 0.944. The Labute approximate surface area is 150 Å². The molecule has 5 nitrogen and oxygen atoms in total. The quantitative estimate of drug-likeness (QED) is 0.564. The van der Waals surface area contributed by atoms with Crippen molar-refractivity contribution in [1.29, 1.82) is 0 Å². The van der Waals surface area contributed by atoms with Crippen LogP contribution in [0.15, 0.2) is 0 Å². The number of hydrogen-bond acceptors (Lipinski definition) is 4. The van der Waals surface area contributed by atoms with E-state index in [-0.39, 0.29) is 23.7 Å². The van der Waals surface area contributed by atoms with Crippen LogP contribution in [0.25, 0.3) is 0 Å². The topological polar surface area (TPSA) is 87.4 Å². The minimum atomic E-state index is -0.183. The molecule has 0 spiro atoms. The van der Waals surface area contributed by atoms with Crippen LogP contribution in [-0.2, 0) is 0 Å². The maximum absolute atomic E-state index is 12.2. The molecule has 2 rings (SSSR count). The summed E-state index contributed by atoms with van der Waals surface area (Å²) in [6.45, 7) is 4.69. The molecule has 6 heteroatoms. The summed E-state index contributed by atoms with van der Waals surface area (Å²) in [7, 11) is 0. The van der Waals surface area contributed by atoms with Crippen LogP contribution in [0, 0.1) is 11.8 Å². The molecule has 3 unspecified atom stereocenters. The fourth-order valence-electron chi connectivity index (χ4n) is 4.08. The van der Waals surface area contributed by atoms with E-state index in [4.69, 9.17) is 5.73 Å². The van der Waals surface area contributed by atoms with Gasteiger partial charge in [0, 0.05) is 18.1 Å². The van der Waals surface area contributed by atoms with Gasteiger partial charge in [0.25, 0.3) is 0 Å². The maximum Gasteiger partial charge on any atom is 0.315 e.